The van der Waals surface area contributed by atoms with Gasteiger partial charge in [0.2, 0.25) is 0 Å². The lowest BCUT2D eigenvalue weighted by Gasteiger charge is -2.33. The molecule has 1 aliphatic carbocycles. The minimum Gasteiger partial charge on any atom is -0.329 e. The Balaban J connectivity index is 2.41. The van der Waals surface area contributed by atoms with E-state index in [0.717, 1.165) is 12.8 Å². The Hall–Kier alpha value is -1.65. The van der Waals surface area contributed by atoms with E-state index in [4.69, 9.17) is 11.0 Å². The number of hydrogen-bond donors (Lipinski definition) is 1. The Morgan fingerprint density at radius 2 is 2.05 bits per heavy atom. The standard InChI is InChI=1S/C15H17F4N3/c16-14-10(9-21)2-1-3-12(14)13(8-15(17,18)19)22(7-6-20)11-4-5-11/h1-3,11,13H,4-8,20H2. The van der Waals surface area contributed by atoms with Gasteiger partial charge in [-0.1, -0.05) is 12.1 Å². The summed E-state index contributed by atoms with van der Waals surface area (Å²) in [6.07, 6.45) is -4.02. The zero-order valence-corrected chi connectivity index (χ0v) is 11.9. The average molecular weight is 315 g/mol. The van der Waals surface area contributed by atoms with Crippen molar-refractivity contribution >= 4 is 0 Å². The van der Waals surface area contributed by atoms with E-state index in [1.807, 2.05) is 0 Å². The van der Waals surface area contributed by atoms with Crippen molar-refractivity contribution in [2.75, 3.05) is 13.1 Å². The molecule has 1 fully saturated rings. The summed E-state index contributed by atoms with van der Waals surface area (Å²) in [7, 11) is 0. The molecule has 1 unspecified atom stereocenters. The SMILES string of the molecule is N#Cc1cccc(C(CC(F)(F)F)N(CCN)C2CC2)c1F. The summed E-state index contributed by atoms with van der Waals surface area (Å²) in [5, 5.41) is 8.87. The first-order valence-corrected chi connectivity index (χ1v) is 7.08. The van der Waals surface area contributed by atoms with Gasteiger partial charge in [-0.2, -0.15) is 18.4 Å². The van der Waals surface area contributed by atoms with Gasteiger partial charge in [-0.3, -0.25) is 4.90 Å². The first-order chi connectivity index (χ1) is 10.4. The number of benzene rings is 1. The summed E-state index contributed by atoms with van der Waals surface area (Å²) >= 11 is 0. The van der Waals surface area contributed by atoms with Gasteiger partial charge in [0, 0.05) is 30.7 Å². The highest BCUT2D eigenvalue weighted by molar-refractivity contribution is 5.36. The van der Waals surface area contributed by atoms with Crippen LogP contribution in [0.25, 0.3) is 0 Å². The smallest absolute Gasteiger partial charge is 0.329 e. The van der Waals surface area contributed by atoms with Crippen LogP contribution in [0, 0.1) is 17.1 Å². The van der Waals surface area contributed by atoms with Crippen LogP contribution in [-0.4, -0.2) is 30.2 Å². The molecular formula is C15H17F4N3. The van der Waals surface area contributed by atoms with Crippen molar-refractivity contribution < 1.29 is 17.6 Å². The van der Waals surface area contributed by atoms with Crippen molar-refractivity contribution in [1.29, 1.82) is 5.26 Å². The van der Waals surface area contributed by atoms with E-state index in [2.05, 4.69) is 0 Å². The predicted octanol–water partition coefficient (Wildman–Crippen LogP) is 3.11. The molecule has 0 bridgehead atoms. The van der Waals surface area contributed by atoms with Gasteiger partial charge in [0.25, 0.3) is 0 Å². The van der Waals surface area contributed by atoms with E-state index >= 15 is 0 Å². The van der Waals surface area contributed by atoms with E-state index < -0.39 is 24.5 Å². The highest BCUT2D eigenvalue weighted by Gasteiger charge is 2.41. The molecule has 0 saturated heterocycles. The molecule has 7 heteroatoms. The zero-order valence-electron chi connectivity index (χ0n) is 11.9. The third kappa shape index (κ3) is 3.96. The van der Waals surface area contributed by atoms with E-state index in [1.54, 1.807) is 11.0 Å². The molecule has 0 aliphatic heterocycles. The first kappa shape index (κ1) is 16.7. The van der Waals surface area contributed by atoms with Crippen LogP contribution in [0.1, 0.15) is 36.4 Å². The Bertz CT molecular complexity index is 561. The summed E-state index contributed by atoms with van der Waals surface area (Å²) < 4.78 is 53.2. The van der Waals surface area contributed by atoms with E-state index in [9.17, 15) is 17.6 Å². The zero-order chi connectivity index (χ0) is 16.3. The van der Waals surface area contributed by atoms with Gasteiger partial charge in [-0.05, 0) is 18.9 Å². The largest absolute Gasteiger partial charge is 0.390 e. The lowest BCUT2D eigenvalue weighted by Crippen LogP contribution is -2.38. The molecule has 120 valence electrons. The number of halogens is 4. The Labute approximate surface area is 126 Å². The molecule has 0 radical (unpaired) electrons. The Kier molecular flexibility index (Phi) is 5.04. The van der Waals surface area contributed by atoms with Gasteiger partial charge < -0.3 is 5.73 Å². The average Bonchev–Trinajstić information content (AvgIpc) is 3.26. The lowest BCUT2D eigenvalue weighted by molar-refractivity contribution is -0.148. The van der Waals surface area contributed by atoms with Crippen LogP contribution in [-0.2, 0) is 0 Å². The third-order valence-corrected chi connectivity index (χ3v) is 3.74. The highest BCUT2D eigenvalue weighted by atomic mass is 19.4. The van der Waals surface area contributed by atoms with Crippen molar-refractivity contribution in [3.8, 4) is 6.07 Å². The van der Waals surface area contributed by atoms with Gasteiger partial charge in [0.1, 0.15) is 11.9 Å². The molecule has 1 saturated carbocycles. The third-order valence-electron chi connectivity index (χ3n) is 3.74. The fourth-order valence-corrected chi connectivity index (χ4v) is 2.67. The van der Waals surface area contributed by atoms with Crippen molar-refractivity contribution in [3.05, 3.63) is 35.1 Å². The van der Waals surface area contributed by atoms with Crippen LogP contribution < -0.4 is 5.73 Å². The van der Waals surface area contributed by atoms with E-state index in [0.29, 0.717) is 0 Å². The van der Waals surface area contributed by atoms with Crippen LogP contribution >= 0.6 is 0 Å². The lowest BCUT2D eigenvalue weighted by atomic mass is 9.98. The molecule has 1 aromatic carbocycles. The predicted molar refractivity (Wildman–Crippen MR) is 73.3 cm³/mol. The second-order valence-corrected chi connectivity index (χ2v) is 5.41. The van der Waals surface area contributed by atoms with E-state index in [-0.39, 0.29) is 30.3 Å². The minimum absolute atomic E-state index is 0.000965. The summed E-state index contributed by atoms with van der Waals surface area (Å²) in [4.78, 5) is 1.62. The molecule has 22 heavy (non-hydrogen) atoms. The highest BCUT2D eigenvalue weighted by Crippen LogP contribution is 2.41. The van der Waals surface area contributed by atoms with Crippen LogP contribution in [0.15, 0.2) is 18.2 Å². The van der Waals surface area contributed by atoms with Crippen molar-refractivity contribution in [3.63, 3.8) is 0 Å². The van der Waals surface area contributed by atoms with Crippen LogP contribution in [0.3, 0.4) is 0 Å². The number of rotatable bonds is 6. The second-order valence-electron chi connectivity index (χ2n) is 5.41. The van der Waals surface area contributed by atoms with E-state index in [1.165, 1.54) is 18.2 Å². The Morgan fingerprint density at radius 3 is 2.55 bits per heavy atom. The van der Waals surface area contributed by atoms with Gasteiger partial charge in [-0.15, -0.1) is 0 Å². The topological polar surface area (TPSA) is 53.0 Å². The maximum absolute atomic E-state index is 14.3. The summed E-state index contributed by atoms with van der Waals surface area (Å²) in [5.41, 5.74) is 5.17. The minimum atomic E-state index is -4.43. The quantitative estimate of drug-likeness (QED) is 0.821. The second kappa shape index (κ2) is 6.63. The molecule has 0 heterocycles. The van der Waals surface area contributed by atoms with Crippen molar-refractivity contribution in [1.82, 2.24) is 4.90 Å². The maximum Gasteiger partial charge on any atom is 0.390 e. The molecule has 1 atom stereocenters. The molecule has 0 spiro atoms. The normalized spacial score (nSPS) is 16.6. The van der Waals surface area contributed by atoms with Crippen LogP contribution in [0.4, 0.5) is 17.6 Å². The fraction of sp³-hybridized carbons (Fsp3) is 0.533. The van der Waals surface area contributed by atoms with Gasteiger partial charge in [0.05, 0.1) is 12.0 Å². The molecular weight excluding hydrogens is 298 g/mol. The maximum atomic E-state index is 14.3. The molecule has 0 amide bonds. The number of nitrogens with zero attached hydrogens (tertiary/aromatic N) is 2. The van der Waals surface area contributed by atoms with Crippen molar-refractivity contribution in [2.24, 2.45) is 5.73 Å². The Morgan fingerprint density at radius 1 is 1.36 bits per heavy atom. The molecule has 0 aromatic heterocycles. The number of alkyl halides is 3. The van der Waals surface area contributed by atoms with Crippen LogP contribution in [0.5, 0.6) is 0 Å². The molecule has 2 rings (SSSR count). The summed E-state index contributed by atoms with van der Waals surface area (Å²) in [5.74, 6) is -0.873. The monoisotopic (exact) mass is 315 g/mol. The summed E-state index contributed by atoms with van der Waals surface area (Å²) in [6, 6.07) is 4.51. The van der Waals surface area contributed by atoms with Crippen molar-refractivity contribution in [2.45, 2.75) is 37.5 Å². The molecule has 2 N–H and O–H groups in total. The summed E-state index contributed by atoms with van der Waals surface area (Å²) in [6.45, 7) is 0.464. The van der Waals surface area contributed by atoms with Gasteiger partial charge in [-0.25, -0.2) is 4.39 Å². The number of nitrogens with two attached hydrogens (primary N) is 1. The molecule has 3 nitrogen and oxygen atoms in total. The fourth-order valence-electron chi connectivity index (χ4n) is 2.67. The molecule has 1 aromatic rings. The van der Waals surface area contributed by atoms with Gasteiger partial charge >= 0.3 is 6.18 Å². The number of nitriles is 1. The van der Waals surface area contributed by atoms with Gasteiger partial charge in [0.15, 0.2) is 0 Å². The first-order valence-electron chi connectivity index (χ1n) is 7.08. The molecule has 1 aliphatic rings. The number of hydrogen-bond acceptors (Lipinski definition) is 3. The van der Waals surface area contributed by atoms with Crippen LogP contribution in [0.2, 0.25) is 0 Å².